The molecule has 0 aliphatic carbocycles. The van der Waals surface area contributed by atoms with Crippen LogP contribution < -0.4 is 10.2 Å². The normalized spacial score (nSPS) is 21.2. The number of carbonyl (C=O) groups is 1. The minimum absolute atomic E-state index is 0.0200. The minimum Gasteiger partial charge on any atom is -0.394 e. The van der Waals surface area contributed by atoms with E-state index < -0.39 is 0 Å². The van der Waals surface area contributed by atoms with Gasteiger partial charge >= 0.3 is 6.03 Å². The van der Waals surface area contributed by atoms with Gasteiger partial charge in [0.15, 0.2) is 0 Å². The lowest BCUT2D eigenvalue weighted by Crippen LogP contribution is -2.51. The Morgan fingerprint density at radius 1 is 1.35 bits per heavy atom. The van der Waals surface area contributed by atoms with Gasteiger partial charge in [0.1, 0.15) is 0 Å². The van der Waals surface area contributed by atoms with Crippen molar-refractivity contribution >= 4 is 17.4 Å². The molecule has 1 aliphatic rings. The molecule has 1 heterocycles. The van der Waals surface area contributed by atoms with E-state index in [0.717, 1.165) is 35.3 Å². The fourth-order valence-corrected chi connectivity index (χ4v) is 3.35. The molecule has 2 rings (SSSR count). The number of aryl methyl sites for hydroxylation is 2. The molecule has 0 aromatic heterocycles. The molecule has 5 nitrogen and oxygen atoms in total. The summed E-state index contributed by atoms with van der Waals surface area (Å²) in [6.45, 7) is 6.85. The molecule has 1 fully saturated rings. The summed E-state index contributed by atoms with van der Waals surface area (Å²) in [6, 6.07) is 3.94. The summed E-state index contributed by atoms with van der Waals surface area (Å²) in [5, 5.41) is 12.7. The van der Waals surface area contributed by atoms with Crippen LogP contribution in [0, 0.1) is 19.8 Å². The number of hydrogen-bond donors (Lipinski definition) is 2. The molecule has 1 aliphatic heterocycles. The van der Waals surface area contributed by atoms with E-state index in [1.165, 1.54) is 0 Å². The number of carbonyl (C=O) groups excluding carboxylic acids is 1. The second kappa shape index (κ2) is 7.21. The maximum Gasteiger partial charge on any atom is 0.322 e. The zero-order valence-electron chi connectivity index (χ0n) is 14.9. The molecule has 1 aromatic rings. The minimum atomic E-state index is -0.112. The van der Waals surface area contributed by atoms with Crippen LogP contribution in [0.2, 0.25) is 0 Å². The number of aliphatic hydroxyl groups excluding tert-OH is 1. The van der Waals surface area contributed by atoms with E-state index in [0.29, 0.717) is 12.5 Å². The van der Waals surface area contributed by atoms with E-state index in [1.807, 2.05) is 27.9 Å². The molecule has 5 heteroatoms. The number of benzene rings is 1. The first kappa shape index (κ1) is 17.6. The number of nitrogens with zero attached hydrogens (tertiary/aromatic N) is 2. The summed E-state index contributed by atoms with van der Waals surface area (Å²) in [5.74, 6) is 0.331. The smallest absolute Gasteiger partial charge is 0.322 e. The number of anilines is 2. The van der Waals surface area contributed by atoms with Gasteiger partial charge in [-0.15, -0.1) is 0 Å². The average molecular weight is 319 g/mol. The standard InChI is InChI=1S/C18H29N3O2/c1-12-7-6-8-21(16(12)11-22)18(23)19-17-13(2)9-15(20(4)5)10-14(17)3/h9-10,12,16,22H,6-8,11H2,1-5H3,(H,19,23). The Bertz CT molecular complexity index is 548. The Kier molecular flexibility index (Phi) is 5.52. The molecular formula is C18H29N3O2. The average Bonchev–Trinajstić information content (AvgIpc) is 2.50. The van der Waals surface area contributed by atoms with Crippen LogP contribution in [0.3, 0.4) is 0 Å². The highest BCUT2D eigenvalue weighted by Gasteiger charge is 2.31. The molecule has 0 spiro atoms. The molecule has 2 N–H and O–H groups in total. The van der Waals surface area contributed by atoms with Gasteiger partial charge in [0.05, 0.1) is 12.6 Å². The number of hydrogen-bond acceptors (Lipinski definition) is 3. The van der Waals surface area contributed by atoms with Crippen LogP contribution in [0.1, 0.15) is 30.9 Å². The highest BCUT2D eigenvalue weighted by molar-refractivity contribution is 5.91. The monoisotopic (exact) mass is 319 g/mol. The van der Waals surface area contributed by atoms with Crippen molar-refractivity contribution in [2.45, 2.75) is 39.7 Å². The number of aliphatic hydroxyl groups is 1. The molecule has 0 bridgehead atoms. The van der Waals surface area contributed by atoms with Crippen LogP contribution in [0.25, 0.3) is 0 Å². The molecule has 2 unspecified atom stereocenters. The van der Waals surface area contributed by atoms with Gasteiger partial charge in [-0.3, -0.25) is 0 Å². The van der Waals surface area contributed by atoms with Crippen LogP contribution in [-0.2, 0) is 0 Å². The third-order valence-electron chi connectivity index (χ3n) is 4.83. The van der Waals surface area contributed by atoms with Crippen molar-refractivity contribution in [3.63, 3.8) is 0 Å². The molecule has 128 valence electrons. The van der Waals surface area contributed by atoms with Crippen molar-refractivity contribution in [3.05, 3.63) is 23.3 Å². The van der Waals surface area contributed by atoms with Gasteiger partial charge < -0.3 is 20.2 Å². The maximum atomic E-state index is 12.7. The highest BCUT2D eigenvalue weighted by atomic mass is 16.3. The van der Waals surface area contributed by atoms with Gasteiger partial charge in [-0.2, -0.15) is 0 Å². The number of likely N-dealkylation sites (tertiary alicyclic amines) is 1. The SMILES string of the molecule is Cc1cc(N(C)C)cc(C)c1NC(=O)N1CCCC(C)C1CO. The van der Waals surface area contributed by atoms with Crippen molar-refractivity contribution in [3.8, 4) is 0 Å². The summed E-state index contributed by atoms with van der Waals surface area (Å²) in [6.07, 6.45) is 2.05. The lowest BCUT2D eigenvalue weighted by atomic mass is 9.91. The fourth-order valence-electron chi connectivity index (χ4n) is 3.35. The number of urea groups is 1. The van der Waals surface area contributed by atoms with E-state index in [2.05, 4.69) is 29.3 Å². The van der Waals surface area contributed by atoms with E-state index in [4.69, 9.17) is 0 Å². The first-order chi connectivity index (χ1) is 10.8. The summed E-state index contributed by atoms with van der Waals surface area (Å²) < 4.78 is 0. The lowest BCUT2D eigenvalue weighted by molar-refractivity contribution is 0.0811. The first-order valence-electron chi connectivity index (χ1n) is 8.32. The molecular weight excluding hydrogens is 290 g/mol. The van der Waals surface area contributed by atoms with Crippen LogP contribution in [0.5, 0.6) is 0 Å². The Balaban J connectivity index is 2.20. The third kappa shape index (κ3) is 3.78. The largest absolute Gasteiger partial charge is 0.394 e. The van der Waals surface area contributed by atoms with Crippen LogP contribution in [-0.4, -0.2) is 49.3 Å². The maximum absolute atomic E-state index is 12.7. The first-order valence-corrected chi connectivity index (χ1v) is 8.32. The number of amides is 2. The molecule has 2 atom stereocenters. The Morgan fingerprint density at radius 3 is 2.48 bits per heavy atom. The van der Waals surface area contributed by atoms with Crippen LogP contribution in [0.15, 0.2) is 12.1 Å². The van der Waals surface area contributed by atoms with Gasteiger partial charge in [0.25, 0.3) is 0 Å². The van der Waals surface area contributed by atoms with E-state index in [9.17, 15) is 9.90 Å². The number of piperidine rings is 1. The topological polar surface area (TPSA) is 55.8 Å². The quantitative estimate of drug-likeness (QED) is 0.900. The second-order valence-corrected chi connectivity index (χ2v) is 6.84. The summed E-state index contributed by atoms with van der Waals surface area (Å²) in [5.41, 5.74) is 4.09. The van der Waals surface area contributed by atoms with Gasteiger partial charge in [-0.25, -0.2) is 4.79 Å². The molecule has 2 amide bonds. The van der Waals surface area contributed by atoms with Crippen molar-refractivity contribution < 1.29 is 9.90 Å². The van der Waals surface area contributed by atoms with E-state index in [-0.39, 0.29) is 18.7 Å². The van der Waals surface area contributed by atoms with Crippen molar-refractivity contribution in [2.24, 2.45) is 5.92 Å². The van der Waals surface area contributed by atoms with Gasteiger partial charge in [-0.05, 0) is 55.9 Å². The van der Waals surface area contributed by atoms with Crippen LogP contribution in [0.4, 0.5) is 16.2 Å². The fraction of sp³-hybridized carbons (Fsp3) is 0.611. The van der Waals surface area contributed by atoms with Crippen LogP contribution >= 0.6 is 0 Å². The van der Waals surface area contributed by atoms with Crippen molar-refractivity contribution in [1.29, 1.82) is 0 Å². The van der Waals surface area contributed by atoms with E-state index in [1.54, 1.807) is 4.90 Å². The molecule has 1 saturated heterocycles. The number of rotatable bonds is 3. The molecule has 1 aromatic carbocycles. The predicted octanol–water partition coefficient (Wildman–Crippen LogP) is 2.99. The summed E-state index contributed by atoms with van der Waals surface area (Å²) in [4.78, 5) is 16.5. The zero-order chi connectivity index (χ0) is 17.1. The second-order valence-electron chi connectivity index (χ2n) is 6.84. The predicted molar refractivity (Wildman–Crippen MR) is 95.2 cm³/mol. The number of nitrogens with one attached hydrogen (secondary N) is 1. The summed E-state index contributed by atoms with van der Waals surface area (Å²) in [7, 11) is 4.01. The highest BCUT2D eigenvalue weighted by Crippen LogP contribution is 2.28. The molecule has 0 radical (unpaired) electrons. The molecule has 23 heavy (non-hydrogen) atoms. The zero-order valence-corrected chi connectivity index (χ0v) is 14.9. The third-order valence-corrected chi connectivity index (χ3v) is 4.83. The lowest BCUT2D eigenvalue weighted by Gasteiger charge is -2.39. The Morgan fingerprint density at radius 2 is 1.96 bits per heavy atom. The van der Waals surface area contributed by atoms with Gasteiger partial charge in [-0.1, -0.05) is 6.92 Å². The molecule has 0 saturated carbocycles. The van der Waals surface area contributed by atoms with Gasteiger partial charge in [0.2, 0.25) is 0 Å². The Hall–Kier alpha value is -1.75. The van der Waals surface area contributed by atoms with Crippen molar-refractivity contribution in [2.75, 3.05) is 37.5 Å². The summed E-state index contributed by atoms with van der Waals surface area (Å²) >= 11 is 0. The van der Waals surface area contributed by atoms with Crippen molar-refractivity contribution in [1.82, 2.24) is 4.90 Å². The van der Waals surface area contributed by atoms with E-state index >= 15 is 0 Å². The Labute approximate surface area is 139 Å². The van der Waals surface area contributed by atoms with Gasteiger partial charge in [0, 0.05) is 32.0 Å².